The average Bonchev–Trinajstić information content (AvgIpc) is 4.06. The Bertz CT molecular complexity index is 2290. The first kappa shape index (κ1) is 39.7. The van der Waals surface area contributed by atoms with Crippen molar-refractivity contribution in [2.45, 2.75) is 39.6 Å². The van der Waals surface area contributed by atoms with Gasteiger partial charge in [0.05, 0.1) is 62.4 Å². The fraction of sp³-hybridized carbons (Fsp3) is 0.485. The van der Waals surface area contributed by atoms with Crippen molar-refractivity contribution in [1.82, 2.24) is 41.0 Å². The summed E-state index contributed by atoms with van der Waals surface area (Å²) in [7, 11) is 3.35. The van der Waals surface area contributed by atoms with Crippen molar-refractivity contribution in [1.29, 1.82) is 0 Å². The van der Waals surface area contributed by atoms with Gasteiger partial charge in [-0.2, -0.15) is 0 Å². The Balaban J connectivity index is 0.000000179. The predicted molar refractivity (Wildman–Crippen MR) is 212 cm³/mol. The molecule has 2 fully saturated rings. The largest absolute Gasteiger partial charge is 0.443 e. The number of benzene rings is 2. The Kier molecular flexibility index (Phi) is 12.1. The van der Waals surface area contributed by atoms with E-state index in [0.717, 1.165) is 30.0 Å². The first-order chi connectivity index (χ1) is 27.6. The lowest BCUT2D eigenvalue weighted by molar-refractivity contribution is 0.0589. The summed E-state index contributed by atoms with van der Waals surface area (Å²) < 4.78 is 26.2. The van der Waals surface area contributed by atoms with E-state index in [4.69, 9.17) is 23.5 Å². The van der Waals surface area contributed by atoms with Crippen LogP contribution in [0.2, 0.25) is 0 Å². The first-order valence-electron chi connectivity index (χ1n) is 17.9. The van der Waals surface area contributed by atoms with Gasteiger partial charge in [0.1, 0.15) is 5.60 Å². The van der Waals surface area contributed by atoms with Crippen LogP contribution < -0.4 is 30.7 Å². The molecule has 57 heavy (non-hydrogen) atoms. The molecule has 22 nitrogen and oxygen atoms in total. The molecule has 0 unspecified atom stereocenters. The molecule has 0 atom stereocenters. The van der Waals surface area contributed by atoms with Gasteiger partial charge in [0, 0.05) is 51.4 Å². The molecular formula is C33H42N14O8S2. The monoisotopic (exact) mass is 826 g/mol. The third kappa shape index (κ3) is 8.89. The Morgan fingerprint density at radius 3 is 1.67 bits per heavy atom. The number of hydrogen-bond donors (Lipinski definition) is 5. The normalized spacial score (nSPS) is 14.7. The molecule has 2 saturated heterocycles. The zero-order valence-electron chi connectivity index (χ0n) is 31.8. The molecule has 0 saturated carbocycles. The number of anilines is 8. The second-order valence-electron chi connectivity index (χ2n) is 13.6. The van der Waals surface area contributed by atoms with Crippen LogP contribution in [0.3, 0.4) is 0 Å². The van der Waals surface area contributed by atoms with Crippen molar-refractivity contribution in [2.24, 2.45) is 0 Å². The molecule has 0 bridgehead atoms. The molecule has 6 heterocycles. The van der Waals surface area contributed by atoms with E-state index >= 15 is 0 Å². The summed E-state index contributed by atoms with van der Waals surface area (Å²) in [5, 5.41) is 63.7. The minimum Gasteiger partial charge on any atom is -0.443 e. The van der Waals surface area contributed by atoms with Gasteiger partial charge in [0.15, 0.2) is 22.1 Å². The quantitative estimate of drug-likeness (QED) is 0.132. The average molecular weight is 827 g/mol. The number of hydrogen-bond acceptors (Lipinski definition) is 23. The van der Waals surface area contributed by atoms with Crippen molar-refractivity contribution in [3.63, 3.8) is 0 Å². The van der Waals surface area contributed by atoms with Crippen LogP contribution in [0.25, 0.3) is 22.1 Å². The van der Waals surface area contributed by atoms with E-state index in [0.29, 0.717) is 99.0 Å². The lowest BCUT2D eigenvalue weighted by Crippen LogP contribution is -2.37. The summed E-state index contributed by atoms with van der Waals surface area (Å²) in [5.74, 6) is 0. The summed E-state index contributed by atoms with van der Waals surface area (Å²) in [6.45, 7) is 10.3. The number of ether oxygens (including phenoxy) is 3. The van der Waals surface area contributed by atoms with Crippen molar-refractivity contribution in [3.8, 4) is 0 Å². The Morgan fingerprint density at radius 2 is 1.21 bits per heavy atom. The molecule has 0 spiro atoms. The van der Waals surface area contributed by atoms with Crippen LogP contribution in [-0.2, 0) is 27.4 Å². The number of aromatic nitrogens is 8. The maximum Gasteiger partial charge on any atom is 0.416 e. The number of carbonyl (C=O) groups excluding carboxylic acids is 1. The van der Waals surface area contributed by atoms with E-state index < -0.39 is 11.7 Å². The van der Waals surface area contributed by atoms with Crippen molar-refractivity contribution >= 4 is 94.1 Å². The highest BCUT2D eigenvalue weighted by atomic mass is 32.1. The fourth-order valence-corrected chi connectivity index (χ4v) is 7.41. The Labute approximate surface area is 333 Å². The van der Waals surface area contributed by atoms with E-state index in [2.05, 4.69) is 66.8 Å². The molecule has 24 heteroatoms. The topological polar surface area (TPSA) is 260 Å². The molecule has 0 radical (unpaired) electrons. The SMILES string of the molecule is CN(C(=O)OC(C)(C)C)c1nnc(Nc2cc(CO)c(N3CCOCC3)c3nonc23)s1.CNc1nnc(Nc2cc(CO)c(N3CCOCC3)c3nonc23)s1. The molecule has 2 aromatic carbocycles. The van der Waals surface area contributed by atoms with E-state index in [1.165, 1.54) is 27.6 Å². The number of nitrogens with one attached hydrogen (secondary N) is 3. The molecule has 304 valence electrons. The molecular weight excluding hydrogens is 785 g/mol. The fourth-order valence-electron chi connectivity index (χ4n) is 6.09. The van der Waals surface area contributed by atoms with Gasteiger partial charge in [0.25, 0.3) is 0 Å². The first-order valence-corrected chi connectivity index (χ1v) is 19.5. The number of amides is 1. The van der Waals surface area contributed by atoms with Crippen molar-refractivity contribution < 1.29 is 38.5 Å². The van der Waals surface area contributed by atoms with Gasteiger partial charge in [0.2, 0.25) is 20.5 Å². The van der Waals surface area contributed by atoms with E-state index in [1.54, 1.807) is 40.9 Å². The minimum atomic E-state index is -0.619. The van der Waals surface area contributed by atoms with Crippen LogP contribution in [0.5, 0.6) is 0 Å². The lowest BCUT2D eigenvalue weighted by Gasteiger charge is -2.30. The van der Waals surface area contributed by atoms with Crippen LogP contribution in [0, 0.1) is 0 Å². The zero-order chi connectivity index (χ0) is 40.1. The van der Waals surface area contributed by atoms with Crippen LogP contribution >= 0.6 is 22.7 Å². The van der Waals surface area contributed by atoms with E-state index in [1.807, 2.05) is 6.07 Å². The van der Waals surface area contributed by atoms with E-state index in [-0.39, 0.29) is 13.2 Å². The number of aliphatic hydroxyl groups excluding tert-OH is 2. The maximum atomic E-state index is 12.3. The molecule has 5 N–H and O–H groups in total. The molecule has 2 aliphatic heterocycles. The second-order valence-corrected chi connectivity index (χ2v) is 15.6. The van der Waals surface area contributed by atoms with Crippen LogP contribution in [0.4, 0.5) is 48.1 Å². The molecule has 1 amide bonds. The van der Waals surface area contributed by atoms with Gasteiger partial charge in [-0.25, -0.2) is 14.1 Å². The Morgan fingerprint density at radius 1 is 0.754 bits per heavy atom. The number of aliphatic hydroxyl groups is 2. The third-order valence-electron chi connectivity index (χ3n) is 8.67. The molecule has 4 aromatic heterocycles. The molecule has 8 rings (SSSR count). The van der Waals surface area contributed by atoms with Gasteiger partial charge in [-0.3, -0.25) is 4.90 Å². The highest BCUT2D eigenvalue weighted by Crippen LogP contribution is 2.38. The van der Waals surface area contributed by atoms with Crippen molar-refractivity contribution in [3.05, 3.63) is 23.3 Å². The Hall–Kier alpha value is -5.53. The zero-order valence-corrected chi connectivity index (χ0v) is 33.4. The maximum absolute atomic E-state index is 12.3. The van der Waals surface area contributed by atoms with Gasteiger partial charge in [-0.05, 0) is 53.5 Å². The summed E-state index contributed by atoms with van der Waals surface area (Å²) in [5.41, 5.74) is 5.86. The van der Waals surface area contributed by atoms with E-state index in [9.17, 15) is 15.0 Å². The standard InChI is InChI=1S/C19H25N7O5S.C14H17N7O3S/c1-19(2,3)30-18(28)25(4)17-22-21-16(32-17)20-12-9-11(10-27)15(14-13(12)23-31-24-14)26-5-7-29-8-6-26;1-15-13-17-18-14(25-13)16-9-6-8(7-22)12(11-10(9)19-24-20-11)21-2-4-23-5-3-21/h9,27H,5-8,10H2,1-4H3,(H,20,21);6,22H,2-5,7H2,1H3,(H,15,17)(H,16,18). The highest BCUT2D eigenvalue weighted by Gasteiger charge is 2.27. The number of fused-ring (bicyclic) bond motifs is 2. The smallest absolute Gasteiger partial charge is 0.416 e. The van der Waals surface area contributed by atoms with Crippen molar-refractivity contribution in [2.75, 3.05) is 97.4 Å². The third-order valence-corrected chi connectivity index (χ3v) is 10.4. The van der Waals surface area contributed by atoms with Crippen LogP contribution in [0.15, 0.2) is 21.4 Å². The predicted octanol–water partition coefficient (Wildman–Crippen LogP) is 3.71. The van der Waals surface area contributed by atoms with Crippen LogP contribution in [-0.4, -0.2) is 130 Å². The summed E-state index contributed by atoms with van der Waals surface area (Å²) in [6.07, 6.45) is -0.527. The van der Waals surface area contributed by atoms with Gasteiger partial charge >= 0.3 is 6.09 Å². The number of rotatable bonds is 10. The van der Waals surface area contributed by atoms with Crippen LogP contribution in [0.1, 0.15) is 31.9 Å². The van der Waals surface area contributed by atoms with Gasteiger partial charge in [-0.1, -0.05) is 22.7 Å². The number of morpholine rings is 2. The summed E-state index contributed by atoms with van der Waals surface area (Å²) >= 11 is 2.54. The number of carbonyl (C=O) groups is 1. The van der Waals surface area contributed by atoms with Gasteiger partial charge < -0.3 is 50.2 Å². The van der Waals surface area contributed by atoms with Gasteiger partial charge in [-0.15, -0.1) is 20.4 Å². The minimum absolute atomic E-state index is 0.123. The highest BCUT2D eigenvalue weighted by molar-refractivity contribution is 7.19. The lowest BCUT2D eigenvalue weighted by atomic mass is 10.1. The molecule has 6 aromatic rings. The summed E-state index contributed by atoms with van der Waals surface area (Å²) in [4.78, 5) is 17.8. The molecule has 0 aliphatic carbocycles. The number of nitrogens with zero attached hydrogens (tertiary/aromatic N) is 11. The summed E-state index contributed by atoms with van der Waals surface area (Å²) in [6, 6.07) is 3.63. The molecule has 2 aliphatic rings. The second kappa shape index (κ2) is 17.3.